The molecule has 1 N–H and O–H groups in total. The van der Waals surface area contributed by atoms with E-state index in [-0.39, 0.29) is 12.6 Å². The summed E-state index contributed by atoms with van der Waals surface area (Å²) in [7, 11) is 0. The fraction of sp³-hybridized carbons (Fsp3) is 0.214. The van der Waals surface area contributed by atoms with Gasteiger partial charge in [0, 0.05) is 16.6 Å². The third-order valence-electron chi connectivity index (χ3n) is 2.59. The fourth-order valence-corrected chi connectivity index (χ4v) is 1.87. The summed E-state index contributed by atoms with van der Waals surface area (Å²) in [5, 5.41) is 1.08. The molecule has 1 heterocycles. The van der Waals surface area contributed by atoms with E-state index in [1.54, 1.807) is 6.08 Å². The first-order valence-electron chi connectivity index (χ1n) is 5.54. The molecule has 0 aliphatic heterocycles. The van der Waals surface area contributed by atoms with E-state index >= 15 is 0 Å². The van der Waals surface area contributed by atoms with Crippen LogP contribution < -0.4 is 0 Å². The van der Waals surface area contributed by atoms with Crippen molar-refractivity contribution >= 4 is 16.9 Å². The summed E-state index contributed by atoms with van der Waals surface area (Å²) in [6.07, 6.45) is 1.86. The molecule has 0 spiro atoms. The maximum absolute atomic E-state index is 11.5. The Hall–Kier alpha value is -2.03. The van der Waals surface area contributed by atoms with Crippen molar-refractivity contribution in [2.24, 2.45) is 0 Å². The van der Waals surface area contributed by atoms with Gasteiger partial charge in [0.2, 0.25) is 0 Å². The number of aromatic amines is 1. The number of esters is 1. The van der Waals surface area contributed by atoms with Crippen molar-refractivity contribution in [1.29, 1.82) is 0 Å². The van der Waals surface area contributed by atoms with Gasteiger partial charge in [-0.05, 0) is 24.6 Å². The molecule has 3 heteroatoms. The molecule has 2 aromatic rings. The van der Waals surface area contributed by atoms with Gasteiger partial charge in [-0.3, -0.25) is 4.79 Å². The number of ether oxygens (including phenoxy) is 1. The Morgan fingerprint density at radius 1 is 1.53 bits per heavy atom. The molecule has 0 amide bonds. The second kappa shape index (κ2) is 4.87. The largest absolute Gasteiger partial charge is 0.461 e. The number of carbonyl (C=O) groups excluding carboxylic acids is 1. The summed E-state index contributed by atoms with van der Waals surface area (Å²) < 4.78 is 4.98. The molecule has 0 radical (unpaired) electrons. The van der Waals surface area contributed by atoms with E-state index in [0.717, 1.165) is 22.2 Å². The van der Waals surface area contributed by atoms with Crippen LogP contribution in [0.3, 0.4) is 0 Å². The maximum atomic E-state index is 11.5. The molecular formula is C14H15NO2. The van der Waals surface area contributed by atoms with Gasteiger partial charge in [-0.2, -0.15) is 0 Å². The number of carbonyl (C=O) groups is 1. The molecule has 17 heavy (non-hydrogen) atoms. The number of nitrogens with one attached hydrogen (secondary N) is 1. The van der Waals surface area contributed by atoms with Crippen molar-refractivity contribution < 1.29 is 9.53 Å². The highest BCUT2D eigenvalue weighted by Crippen LogP contribution is 2.20. The van der Waals surface area contributed by atoms with Crippen molar-refractivity contribution in [3.05, 3.63) is 48.2 Å². The number of hydrogen-bond donors (Lipinski definition) is 1. The highest BCUT2D eigenvalue weighted by Gasteiger charge is 2.08. The van der Waals surface area contributed by atoms with Gasteiger partial charge in [0.05, 0.1) is 6.42 Å². The van der Waals surface area contributed by atoms with Gasteiger partial charge in [0.15, 0.2) is 0 Å². The summed E-state index contributed by atoms with van der Waals surface area (Å²) in [5.74, 6) is -0.226. The third kappa shape index (κ3) is 2.56. The molecule has 3 nitrogen and oxygen atoms in total. The van der Waals surface area contributed by atoms with E-state index in [2.05, 4.69) is 11.6 Å². The van der Waals surface area contributed by atoms with Crippen LogP contribution in [0.25, 0.3) is 10.9 Å². The third-order valence-corrected chi connectivity index (χ3v) is 2.59. The average Bonchev–Trinajstić information content (AvgIpc) is 2.68. The summed E-state index contributed by atoms with van der Waals surface area (Å²) in [6, 6.07) is 7.94. The maximum Gasteiger partial charge on any atom is 0.310 e. The van der Waals surface area contributed by atoms with Gasteiger partial charge in [-0.25, -0.2) is 0 Å². The minimum absolute atomic E-state index is 0.226. The van der Waals surface area contributed by atoms with Gasteiger partial charge in [0.1, 0.15) is 6.61 Å². The van der Waals surface area contributed by atoms with Crippen LogP contribution >= 0.6 is 0 Å². The Morgan fingerprint density at radius 2 is 2.35 bits per heavy atom. The Bertz CT molecular complexity index is 554. The van der Waals surface area contributed by atoms with E-state index < -0.39 is 0 Å². The Morgan fingerprint density at radius 3 is 3.12 bits per heavy atom. The minimum atomic E-state index is -0.226. The smallest absolute Gasteiger partial charge is 0.310 e. The second-order valence-corrected chi connectivity index (χ2v) is 3.98. The van der Waals surface area contributed by atoms with Crippen LogP contribution in [-0.4, -0.2) is 17.6 Å². The van der Waals surface area contributed by atoms with Crippen molar-refractivity contribution in [2.75, 3.05) is 6.61 Å². The Balaban J connectivity index is 2.23. The zero-order chi connectivity index (χ0) is 12.3. The lowest BCUT2D eigenvalue weighted by Gasteiger charge is -2.03. The quantitative estimate of drug-likeness (QED) is 0.647. The first-order valence-corrected chi connectivity index (χ1v) is 5.54. The van der Waals surface area contributed by atoms with Crippen LogP contribution in [0.4, 0.5) is 0 Å². The Kier molecular flexibility index (Phi) is 3.28. The van der Waals surface area contributed by atoms with E-state index in [4.69, 9.17) is 4.74 Å². The van der Waals surface area contributed by atoms with Crippen LogP contribution in [0.1, 0.15) is 11.3 Å². The molecule has 1 aromatic heterocycles. The predicted octanol–water partition coefficient (Wildman–Crippen LogP) is 2.75. The summed E-state index contributed by atoms with van der Waals surface area (Å²) in [4.78, 5) is 14.8. The lowest BCUT2D eigenvalue weighted by molar-refractivity contribution is -0.141. The highest BCUT2D eigenvalue weighted by molar-refractivity contribution is 5.87. The van der Waals surface area contributed by atoms with E-state index in [1.807, 2.05) is 31.2 Å². The molecule has 0 aliphatic carbocycles. The summed E-state index contributed by atoms with van der Waals surface area (Å²) in [6.45, 7) is 5.78. The SMILES string of the molecule is C=CCOC(=O)Cc1cccc2[nH]c(C)cc12. The molecule has 0 unspecified atom stereocenters. The highest BCUT2D eigenvalue weighted by atomic mass is 16.5. The lowest BCUT2D eigenvalue weighted by atomic mass is 10.1. The first kappa shape index (κ1) is 11.5. The van der Waals surface area contributed by atoms with Crippen molar-refractivity contribution in [2.45, 2.75) is 13.3 Å². The molecule has 2 rings (SSSR count). The van der Waals surface area contributed by atoms with Gasteiger partial charge in [0.25, 0.3) is 0 Å². The first-order chi connectivity index (χ1) is 8.20. The van der Waals surface area contributed by atoms with Crippen LogP contribution in [0.15, 0.2) is 36.9 Å². The van der Waals surface area contributed by atoms with Crippen molar-refractivity contribution in [1.82, 2.24) is 4.98 Å². The zero-order valence-corrected chi connectivity index (χ0v) is 9.82. The minimum Gasteiger partial charge on any atom is -0.461 e. The number of benzene rings is 1. The summed E-state index contributed by atoms with van der Waals surface area (Å²) >= 11 is 0. The van der Waals surface area contributed by atoms with E-state index in [9.17, 15) is 4.79 Å². The normalized spacial score (nSPS) is 10.4. The second-order valence-electron chi connectivity index (χ2n) is 3.98. The molecule has 88 valence electrons. The number of aryl methyl sites for hydroxylation is 1. The van der Waals surface area contributed by atoms with Crippen molar-refractivity contribution in [3.8, 4) is 0 Å². The summed E-state index contributed by atoms with van der Waals surface area (Å²) in [5.41, 5.74) is 3.13. The number of rotatable bonds is 4. The van der Waals surface area contributed by atoms with E-state index in [1.165, 1.54) is 0 Å². The fourth-order valence-electron chi connectivity index (χ4n) is 1.87. The van der Waals surface area contributed by atoms with Gasteiger partial charge in [-0.15, -0.1) is 0 Å². The number of aromatic nitrogens is 1. The average molecular weight is 229 g/mol. The molecule has 0 saturated heterocycles. The van der Waals surface area contributed by atoms with Crippen molar-refractivity contribution in [3.63, 3.8) is 0 Å². The number of H-pyrrole nitrogens is 1. The predicted molar refractivity (Wildman–Crippen MR) is 67.9 cm³/mol. The number of hydrogen-bond acceptors (Lipinski definition) is 2. The lowest BCUT2D eigenvalue weighted by Crippen LogP contribution is -2.07. The topological polar surface area (TPSA) is 42.1 Å². The molecule has 0 fully saturated rings. The van der Waals surface area contributed by atoms with Gasteiger partial charge >= 0.3 is 5.97 Å². The van der Waals surface area contributed by atoms with Crippen LogP contribution in [0, 0.1) is 6.92 Å². The monoisotopic (exact) mass is 229 g/mol. The van der Waals surface area contributed by atoms with Crippen LogP contribution in [-0.2, 0) is 16.0 Å². The molecule has 0 aliphatic rings. The van der Waals surface area contributed by atoms with Crippen LogP contribution in [0.2, 0.25) is 0 Å². The molecule has 1 aromatic carbocycles. The standard InChI is InChI=1S/C14H15NO2/c1-3-7-17-14(16)9-11-5-4-6-13-12(11)8-10(2)15-13/h3-6,8,15H,1,7,9H2,2H3. The molecule has 0 atom stereocenters. The molecule has 0 bridgehead atoms. The van der Waals surface area contributed by atoms with Gasteiger partial charge < -0.3 is 9.72 Å². The van der Waals surface area contributed by atoms with E-state index in [0.29, 0.717) is 6.42 Å². The van der Waals surface area contributed by atoms with Gasteiger partial charge in [-0.1, -0.05) is 24.8 Å². The molecular weight excluding hydrogens is 214 g/mol. The Labute approximate surface area is 100 Å². The van der Waals surface area contributed by atoms with Crippen LogP contribution in [0.5, 0.6) is 0 Å². The number of fused-ring (bicyclic) bond motifs is 1. The molecule has 0 saturated carbocycles. The zero-order valence-electron chi connectivity index (χ0n) is 9.82.